The predicted octanol–water partition coefficient (Wildman–Crippen LogP) is 3.42. The molecule has 0 aromatic heterocycles. The molecule has 1 heterocycles. The van der Waals surface area contributed by atoms with Gasteiger partial charge in [0, 0.05) is 29.4 Å². The first-order valence-electron chi connectivity index (χ1n) is 7.36. The fourth-order valence-corrected chi connectivity index (χ4v) is 2.95. The molecule has 1 aliphatic heterocycles. The van der Waals surface area contributed by atoms with Crippen molar-refractivity contribution < 1.29 is 14.3 Å². The molecular formula is C17H21NO3. The van der Waals surface area contributed by atoms with Gasteiger partial charge in [-0.05, 0) is 17.9 Å². The van der Waals surface area contributed by atoms with Gasteiger partial charge in [-0.15, -0.1) is 0 Å². The molecule has 0 unspecified atom stereocenters. The molecule has 112 valence electrons. The number of allylic oxidation sites excluding steroid dienone is 2. The number of carbonyl (C=O) groups is 1. The Labute approximate surface area is 125 Å². The van der Waals surface area contributed by atoms with Crippen LogP contribution in [0.5, 0.6) is 0 Å². The lowest BCUT2D eigenvalue weighted by Gasteiger charge is -2.30. The zero-order chi connectivity index (χ0) is 14.9. The van der Waals surface area contributed by atoms with Gasteiger partial charge in [-0.1, -0.05) is 32.0 Å². The minimum atomic E-state index is -0.318. The number of ketones is 1. The standard InChI is InChI=1S/C17H21NO3/c1-17(2)10-12(9-13(19)11-17)18-15-6-4-3-5-14(15)16-20-7-8-21-16/h3-6,9,16,18H,7-8,10-11H2,1-2H3. The smallest absolute Gasteiger partial charge is 0.186 e. The maximum atomic E-state index is 11.9. The van der Waals surface area contributed by atoms with Crippen LogP contribution in [0, 0.1) is 5.41 Å². The van der Waals surface area contributed by atoms with Gasteiger partial charge in [-0.2, -0.15) is 0 Å². The van der Waals surface area contributed by atoms with Gasteiger partial charge < -0.3 is 14.8 Å². The van der Waals surface area contributed by atoms with E-state index in [2.05, 4.69) is 19.2 Å². The van der Waals surface area contributed by atoms with Gasteiger partial charge in [0.1, 0.15) is 0 Å². The SMILES string of the molecule is CC1(C)CC(=O)C=C(Nc2ccccc2C2OCCO2)C1. The van der Waals surface area contributed by atoms with Crippen molar-refractivity contribution in [3.8, 4) is 0 Å². The van der Waals surface area contributed by atoms with Gasteiger partial charge in [-0.25, -0.2) is 0 Å². The fourth-order valence-electron chi connectivity index (χ4n) is 2.95. The summed E-state index contributed by atoms with van der Waals surface area (Å²) in [6.07, 6.45) is 2.87. The highest BCUT2D eigenvalue weighted by molar-refractivity contribution is 5.92. The Balaban J connectivity index is 1.83. The topological polar surface area (TPSA) is 47.6 Å². The molecule has 1 N–H and O–H groups in total. The monoisotopic (exact) mass is 287 g/mol. The van der Waals surface area contributed by atoms with E-state index >= 15 is 0 Å². The highest BCUT2D eigenvalue weighted by atomic mass is 16.7. The molecular weight excluding hydrogens is 266 g/mol. The van der Waals surface area contributed by atoms with E-state index in [9.17, 15) is 4.79 Å². The Bertz CT molecular complexity index is 571. The summed E-state index contributed by atoms with van der Waals surface area (Å²) in [6, 6.07) is 7.93. The Morgan fingerprint density at radius 1 is 1.14 bits per heavy atom. The van der Waals surface area contributed by atoms with Crippen LogP contribution < -0.4 is 5.32 Å². The minimum Gasteiger partial charge on any atom is -0.358 e. The third-order valence-corrected chi connectivity index (χ3v) is 3.79. The average molecular weight is 287 g/mol. The van der Waals surface area contributed by atoms with Gasteiger partial charge in [0.05, 0.1) is 13.2 Å². The van der Waals surface area contributed by atoms with Crippen LogP contribution >= 0.6 is 0 Å². The molecule has 1 fully saturated rings. The quantitative estimate of drug-likeness (QED) is 0.925. The molecule has 0 atom stereocenters. The molecule has 4 heteroatoms. The van der Waals surface area contributed by atoms with Crippen LogP contribution in [0.25, 0.3) is 0 Å². The van der Waals surface area contributed by atoms with Crippen molar-refractivity contribution in [2.75, 3.05) is 18.5 Å². The third kappa shape index (κ3) is 3.34. The maximum absolute atomic E-state index is 11.9. The number of rotatable bonds is 3. The molecule has 4 nitrogen and oxygen atoms in total. The van der Waals surface area contributed by atoms with Crippen molar-refractivity contribution >= 4 is 11.5 Å². The Morgan fingerprint density at radius 3 is 2.57 bits per heavy atom. The van der Waals surface area contributed by atoms with Crippen molar-refractivity contribution in [2.45, 2.75) is 33.0 Å². The van der Waals surface area contributed by atoms with Crippen molar-refractivity contribution in [3.05, 3.63) is 41.6 Å². The van der Waals surface area contributed by atoms with Crippen LogP contribution in [-0.2, 0) is 14.3 Å². The molecule has 0 saturated carbocycles. The Hall–Kier alpha value is -1.65. The number of nitrogens with one attached hydrogen (secondary N) is 1. The van der Waals surface area contributed by atoms with E-state index in [0.29, 0.717) is 19.6 Å². The van der Waals surface area contributed by atoms with E-state index in [1.54, 1.807) is 6.08 Å². The zero-order valence-corrected chi connectivity index (χ0v) is 12.5. The second-order valence-electron chi connectivity index (χ2n) is 6.44. The van der Waals surface area contributed by atoms with Crippen LogP contribution in [0.1, 0.15) is 38.5 Å². The first kappa shape index (κ1) is 14.3. The van der Waals surface area contributed by atoms with Crippen LogP contribution in [0.3, 0.4) is 0 Å². The van der Waals surface area contributed by atoms with E-state index in [1.165, 1.54) is 0 Å². The van der Waals surface area contributed by atoms with Gasteiger partial charge >= 0.3 is 0 Å². The zero-order valence-electron chi connectivity index (χ0n) is 12.5. The maximum Gasteiger partial charge on any atom is 0.186 e. The molecule has 1 aromatic rings. The van der Waals surface area contributed by atoms with E-state index in [-0.39, 0.29) is 17.5 Å². The molecule has 1 aliphatic carbocycles. The summed E-state index contributed by atoms with van der Waals surface area (Å²) in [5, 5.41) is 3.39. The summed E-state index contributed by atoms with van der Waals surface area (Å²) in [7, 11) is 0. The Kier molecular flexibility index (Phi) is 3.83. The van der Waals surface area contributed by atoms with Crippen molar-refractivity contribution in [1.29, 1.82) is 0 Å². The van der Waals surface area contributed by atoms with Crippen molar-refractivity contribution in [2.24, 2.45) is 5.41 Å². The summed E-state index contributed by atoms with van der Waals surface area (Å²) < 4.78 is 11.2. The summed E-state index contributed by atoms with van der Waals surface area (Å²) in [5.74, 6) is 0.180. The predicted molar refractivity (Wildman–Crippen MR) is 80.8 cm³/mol. The normalized spacial score (nSPS) is 22.2. The van der Waals surface area contributed by atoms with Crippen LogP contribution in [0.15, 0.2) is 36.0 Å². The molecule has 2 aliphatic rings. The number of ether oxygens (including phenoxy) is 2. The molecule has 1 aromatic carbocycles. The Morgan fingerprint density at radius 2 is 1.86 bits per heavy atom. The highest BCUT2D eigenvalue weighted by Gasteiger charge is 2.28. The lowest BCUT2D eigenvalue weighted by molar-refractivity contribution is -0.117. The third-order valence-electron chi connectivity index (χ3n) is 3.79. The van der Waals surface area contributed by atoms with Crippen molar-refractivity contribution in [1.82, 2.24) is 0 Å². The molecule has 1 saturated heterocycles. The number of para-hydroxylation sites is 1. The largest absolute Gasteiger partial charge is 0.358 e. The second kappa shape index (κ2) is 5.62. The number of hydrogen-bond acceptors (Lipinski definition) is 4. The minimum absolute atomic E-state index is 0.00344. The van der Waals surface area contributed by atoms with E-state index in [4.69, 9.17) is 9.47 Å². The van der Waals surface area contributed by atoms with E-state index in [0.717, 1.165) is 23.4 Å². The average Bonchev–Trinajstić information content (AvgIpc) is 2.90. The van der Waals surface area contributed by atoms with Gasteiger partial charge in [-0.3, -0.25) is 4.79 Å². The molecule has 3 rings (SSSR count). The molecule has 21 heavy (non-hydrogen) atoms. The van der Waals surface area contributed by atoms with Gasteiger partial charge in [0.2, 0.25) is 0 Å². The molecule has 0 bridgehead atoms. The van der Waals surface area contributed by atoms with E-state index < -0.39 is 0 Å². The number of carbonyl (C=O) groups excluding carboxylic acids is 1. The summed E-state index contributed by atoms with van der Waals surface area (Å²) in [5.41, 5.74) is 2.89. The molecule has 0 radical (unpaired) electrons. The molecule has 0 spiro atoms. The lowest BCUT2D eigenvalue weighted by atomic mass is 9.79. The fraction of sp³-hybridized carbons (Fsp3) is 0.471. The lowest BCUT2D eigenvalue weighted by Crippen LogP contribution is -2.24. The number of benzene rings is 1. The van der Waals surface area contributed by atoms with Gasteiger partial charge in [0.25, 0.3) is 0 Å². The highest BCUT2D eigenvalue weighted by Crippen LogP contribution is 2.36. The summed E-state index contributed by atoms with van der Waals surface area (Å²) in [4.78, 5) is 11.9. The molecule has 0 amide bonds. The first-order chi connectivity index (χ1) is 10.0. The second-order valence-corrected chi connectivity index (χ2v) is 6.44. The number of anilines is 1. The van der Waals surface area contributed by atoms with Crippen molar-refractivity contribution in [3.63, 3.8) is 0 Å². The number of hydrogen-bond donors (Lipinski definition) is 1. The van der Waals surface area contributed by atoms with E-state index in [1.807, 2.05) is 24.3 Å². The summed E-state index contributed by atoms with van der Waals surface area (Å²) >= 11 is 0. The van der Waals surface area contributed by atoms with Crippen LogP contribution in [-0.4, -0.2) is 19.0 Å². The first-order valence-corrected chi connectivity index (χ1v) is 7.36. The van der Waals surface area contributed by atoms with Crippen LogP contribution in [0.2, 0.25) is 0 Å². The van der Waals surface area contributed by atoms with Gasteiger partial charge in [0.15, 0.2) is 12.1 Å². The summed E-state index contributed by atoms with van der Waals surface area (Å²) in [6.45, 7) is 5.48. The van der Waals surface area contributed by atoms with Crippen LogP contribution in [0.4, 0.5) is 5.69 Å².